The molecule has 0 atom stereocenters. The van der Waals surface area contributed by atoms with Crippen LogP contribution in [0.15, 0.2) is 23.1 Å². The van der Waals surface area contributed by atoms with Crippen LogP contribution in [0.25, 0.3) is 0 Å². The maximum Gasteiger partial charge on any atom is 0.416 e. The zero-order chi connectivity index (χ0) is 19.0. The number of nitrogens with one attached hydrogen (secondary N) is 2. The summed E-state index contributed by atoms with van der Waals surface area (Å²) >= 11 is 0. The van der Waals surface area contributed by atoms with Gasteiger partial charge in [0.25, 0.3) is 0 Å². The minimum atomic E-state index is -4.67. The molecule has 0 aliphatic heterocycles. The van der Waals surface area contributed by atoms with Crippen LogP contribution in [0.4, 0.5) is 13.2 Å². The summed E-state index contributed by atoms with van der Waals surface area (Å²) in [5.74, 6) is 0. The maximum atomic E-state index is 12.9. The predicted molar refractivity (Wildman–Crippen MR) is 83.4 cm³/mol. The molecule has 1 rings (SSSR count). The van der Waals surface area contributed by atoms with Gasteiger partial charge in [-0.15, -0.1) is 0 Å². The summed E-state index contributed by atoms with van der Waals surface area (Å²) in [6.07, 6.45) is -3.76. The molecule has 138 valence electrons. The van der Waals surface area contributed by atoms with Gasteiger partial charge in [0, 0.05) is 12.1 Å². The lowest BCUT2D eigenvalue weighted by Gasteiger charge is -2.25. The largest absolute Gasteiger partial charge is 0.416 e. The van der Waals surface area contributed by atoms with Crippen molar-refractivity contribution in [1.82, 2.24) is 9.44 Å². The molecule has 0 heterocycles. The highest BCUT2D eigenvalue weighted by molar-refractivity contribution is 7.89. The number of alkyl halides is 3. The van der Waals surface area contributed by atoms with Crippen LogP contribution in [0, 0.1) is 6.92 Å². The molecule has 0 amide bonds. The fraction of sp³-hybridized carbons (Fsp3) is 0.538. The van der Waals surface area contributed by atoms with Crippen LogP contribution in [0.2, 0.25) is 0 Å². The number of rotatable bonds is 6. The molecule has 0 saturated heterocycles. The molecule has 0 saturated carbocycles. The molecular formula is C13H19F3N2O4S2. The van der Waals surface area contributed by atoms with Gasteiger partial charge in [0.05, 0.1) is 16.7 Å². The van der Waals surface area contributed by atoms with Gasteiger partial charge in [0.1, 0.15) is 0 Å². The molecule has 6 nitrogen and oxygen atoms in total. The van der Waals surface area contributed by atoms with Crippen LogP contribution < -0.4 is 9.44 Å². The topological polar surface area (TPSA) is 92.3 Å². The van der Waals surface area contributed by atoms with Crippen LogP contribution in [0.3, 0.4) is 0 Å². The van der Waals surface area contributed by atoms with E-state index in [4.69, 9.17) is 0 Å². The van der Waals surface area contributed by atoms with Gasteiger partial charge in [-0.3, -0.25) is 0 Å². The molecule has 0 fully saturated rings. The van der Waals surface area contributed by atoms with Crippen LogP contribution in [-0.4, -0.2) is 35.2 Å². The van der Waals surface area contributed by atoms with E-state index in [-0.39, 0.29) is 12.1 Å². The van der Waals surface area contributed by atoms with E-state index >= 15 is 0 Å². The van der Waals surface area contributed by atoms with Crippen LogP contribution in [0.5, 0.6) is 0 Å². The van der Waals surface area contributed by atoms with Crippen molar-refractivity contribution in [3.8, 4) is 0 Å². The highest BCUT2D eigenvalue weighted by Gasteiger charge is 2.34. The first-order valence-electron chi connectivity index (χ1n) is 6.70. The Morgan fingerprint density at radius 2 is 1.62 bits per heavy atom. The van der Waals surface area contributed by atoms with E-state index < -0.39 is 42.2 Å². The lowest BCUT2D eigenvalue weighted by atomic mass is 10.1. The Bertz CT molecular complexity index is 816. The van der Waals surface area contributed by atoms with Gasteiger partial charge in [-0.2, -0.15) is 13.2 Å². The van der Waals surface area contributed by atoms with Crippen LogP contribution in [-0.2, 0) is 26.2 Å². The Kier molecular flexibility index (Phi) is 5.76. The van der Waals surface area contributed by atoms with E-state index in [1.165, 1.54) is 20.8 Å². The second-order valence-electron chi connectivity index (χ2n) is 6.06. The lowest BCUT2D eigenvalue weighted by Crippen LogP contribution is -2.50. The van der Waals surface area contributed by atoms with Crippen molar-refractivity contribution in [3.05, 3.63) is 29.3 Å². The van der Waals surface area contributed by atoms with Crippen molar-refractivity contribution < 1.29 is 30.0 Å². The van der Waals surface area contributed by atoms with Gasteiger partial charge >= 0.3 is 6.18 Å². The normalized spacial score (nSPS) is 14.0. The first kappa shape index (κ1) is 20.9. The molecular weight excluding hydrogens is 369 g/mol. The molecule has 11 heteroatoms. The molecule has 1 aromatic carbocycles. The average Bonchev–Trinajstić information content (AvgIpc) is 2.32. The second kappa shape index (κ2) is 6.62. The molecule has 0 bridgehead atoms. The molecule has 0 radical (unpaired) electrons. The number of hydrogen-bond acceptors (Lipinski definition) is 4. The van der Waals surface area contributed by atoms with E-state index in [2.05, 4.69) is 9.44 Å². The summed E-state index contributed by atoms with van der Waals surface area (Å²) in [5, 5.41) is 0. The molecule has 0 aliphatic carbocycles. The monoisotopic (exact) mass is 388 g/mol. The Labute approximate surface area is 139 Å². The average molecular weight is 388 g/mol. The molecule has 2 N–H and O–H groups in total. The van der Waals surface area contributed by atoms with E-state index in [0.29, 0.717) is 6.07 Å². The molecule has 24 heavy (non-hydrogen) atoms. The van der Waals surface area contributed by atoms with Crippen molar-refractivity contribution in [3.63, 3.8) is 0 Å². The minimum absolute atomic E-state index is 0.0967. The first-order valence-corrected chi connectivity index (χ1v) is 10.1. The predicted octanol–water partition coefficient (Wildman–Crippen LogP) is 1.62. The summed E-state index contributed by atoms with van der Waals surface area (Å²) < 4.78 is 89.8. The molecule has 1 aromatic rings. The third-order valence-electron chi connectivity index (χ3n) is 2.99. The number of halogens is 3. The third-order valence-corrected chi connectivity index (χ3v) is 5.31. The van der Waals surface area contributed by atoms with E-state index in [1.54, 1.807) is 0 Å². The van der Waals surface area contributed by atoms with Crippen molar-refractivity contribution in [2.75, 3.05) is 12.8 Å². The smallest absolute Gasteiger partial charge is 0.213 e. The van der Waals surface area contributed by atoms with E-state index in [1.807, 2.05) is 0 Å². The Morgan fingerprint density at radius 1 is 1.08 bits per heavy atom. The van der Waals surface area contributed by atoms with Gasteiger partial charge < -0.3 is 0 Å². The fourth-order valence-corrected chi connectivity index (χ4v) is 4.28. The van der Waals surface area contributed by atoms with Crippen LogP contribution >= 0.6 is 0 Å². The summed E-state index contributed by atoms with van der Waals surface area (Å²) in [6.45, 7) is 3.77. The van der Waals surface area contributed by atoms with Crippen LogP contribution in [0.1, 0.15) is 25.0 Å². The van der Waals surface area contributed by atoms with Gasteiger partial charge in [-0.05, 0) is 38.5 Å². The third kappa shape index (κ3) is 6.04. The van der Waals surface area contributed by atoms with Gasteiger partial charge in [0.15, 0.2) is 0 Å². The van der Waals surface area contributed by atoms with Gasteiger partial charge in [-0.1, -0.05) is 6.07 Å². The second-order valence-corrected chi connectivity index (χ2v) is 9.57. The summed E-state index contributed by atoms with van der Waals surface area (Å²) in [5.41, 5.74) is -2.29. The number of benzene rings is 1. The zero-order valence-electron chi connectivity index (χ0n) is 13.5. The summed E-state index contributed by atoms with van der Waals surface area (Å²) in [7, 11) is -7.81. The number of aryl methyl sites for hydroxylation is 1. The standard InChI is InChI=1S/C13H19F3N2O4S2/c1-9-5-6-10(7-11(9)13(14,15)16)24(21,22)17-8-12(2,3)18-23(4,19)20/h5-7,17-18H,8H2,1-4H3. The fourth-order valence-electron chi connectivity index (χ4n) is 1.97. The van der Waals surface area contributed by atoms with Crippen molar-refractivity contribution in [1.29, 1.82) is 0 Å². The maximum absolute atomic E-state index is 12.9. The highest BCUT2D eigenvalue weighted by Crippen LogP contribution is 2.33. The number of sulfonamides is 2. The SMILES string of the molecule is Cc1ccc(S(=O)(=O)NCC(C)(C)NS(C)(=O)=O)cc1C(F)(F)F. The van der Waals surface area contributed by atoms with Crippen molar-refractivity contribution >= 4 is 20.0 Å². The van der Waals surface area contributed by atoms with Crippen molar-refractivity contribution in [2.45, 2.75) is 37.4 Å². The van der Waals surface area contributed by atoms with Gasteiger partial charge in [-0.25, -0.2) is 26.3 Å². The Morgan fingerprint density at radius 3 is 2.08 bits per heavy atom. The quantitative estimate of drug-likeness (QED) is 0.775. The van der Waals surface area contributed by atoms with Crippen molar-refractivity contribution in [2.24, 2.45) is 0 Å². The zero-order valence-corrected chi connectivity index (χ0v) is 15.2. The summed E-state index contributed by atoms with van der Waals surface area (Å²) in [6, 6.07) is 2.68. The van der Waals surface area contributed by atoms with Gasteiger partial charge in [0.2, 0.25) is 20.0 Å². The molecule has 0 aromatic heterocycles. The summed E-state index contributed by atoms with van der Waals surface area (Å²) in [4.78, 5) is -0.546. The minimum Gasteiger partial charge on any atom is -0.213 e. The molecule has 0 spiro atoms. The molecule has 0 aliphatic rings. The van der Waals surface area contributed by atoms with E-state index in [9.17, 15) is 30.0 Å². The molecule has 0 unspecified atom stereocenters. The lowest BCUT2D eigenvalue weighted by molar-refractivity contribution is -0.138. The first-order chi connectivity index (χ1) is 10.5. The Balaban J connectivity index is 3.06. The highest BCUT2D eigenvalue weighted by atomic mass is 32.2. The number of hydrogen-bond donors (Lipinski definition) is 2. The van der Waals surface area contributed by atoms with E-state index in [0.717, 1.165) is 18.4 Å². The Hall–Kier alpha value is -1.17.